The summed E-state index contributed by atoms with van der Waals surface area (Å²) in [6.07, 6.45) is 0.803. The van der Waals surface area contributed by atoms with E-state index in [1.807, 2.05) is 43.3 Å². The minimum absolute atomic E-state index is 0. The van der Waals surface area contributed by atoms with Crippen molar-refractivity contribution >= 4 is 33.5 Å². The number of rotatable bonds is 9. The maximum atomic E-state index is 13.1. The molecule has 3 aromatic rings. The lowest BCUT2D eigenvalue weighted by molar-refractivity contribution is -0.164. The summed E-state index contributed by atoms with van der Waals surface area (Å²) < 4.78 is 11.0. The van der Waals surface area contributed by atoms with Crippen molar-refractivity contribution in [2.75, 3.05) is 13.2 Å². The van der Waals surface area contributed by atoms with Crippen LogP contribution in [0.1, 0.15) is 75.8 Å². The summed E-state index contributed by atoms with van der Waals surface area (Å²) in [6, 6.07) is 18.3. The maximum absolute atomic E-state index is 13.1. The molecule has 0 heterocycles. The van der Waals surface area contributed by atoms with Gasteiger partial charge in [-0.05, 0) is 61.2 Å². The SMILES string of the molecule is C.C.C.C.CCC(C)(CC(C)(C)C(=O)OCc1c2ccccc2cc2ccccc12)C(=O)OCCO. The van der Waals surface area contributed by atoms with Gasteiger partial charge in [-0.1, -0.05) is 85.2 Å². The van der Waals surface area contributed by atoms with Crippen molar-refractivity contribution < 1.29 is 24.2 Å². The van der Waals surface area contributed by atoms with E-state index >= 15 is 0 Å². The first-order chi connectivity index (χ1) is 15.2. The lowest BCUT2D eigenvalue weighted by atomic mass is 9.72. The number of carbonyl (C=O) groups is 2. The lowest BCUT2D eigenvalue weighted by Gasteiger charge is -2.33. The molecule has 0 spiro atoms. The molecule has 0 aliphatic rings. The molecule has 0 aliphatic carbocycles. The zero-order valence-corrected chi connectivity index (χ0v) is 19.3. The quantitative estimate of drug-likeness (QED) is 0.238. The standard InChI is InChI=1S/C27H32O5.4CH4/c1-5-27(4,25(30)31-15-14-28)18-26(2,3)24(29)32-17-23-21-12-8-6-10-19(21)16-20-11-7-9-13-22(20)23;;;;/h6-13,16,28H,5,14-15,17-18H2,1-4H3;4*1H4. The Morgan fingerprint density at radius 2 is 1.31 bits per heavy atom. The molecular formula is C31H48O5. The summed E-state index contributed by atoms with van der Waals surface area (Å²) in [5, 5.41) is 13.3. The Morgan fingerprint density at radius 3 is 1.78 bits per heavy atom. The maximum Gasteiger partial charge on any atom is 0.311 e. The number of ether oxygens (including phenoxy) is 2. The second kappa shape index (κ2) is 14.6. The van der Waals surface area contributed by atoms with Gasteiger partial charge in [0.1, 0.15) is 13.2 Å². The average molecular weight is 501 g/mol. The van der Waals surface area contributed by atoms with Crippen molar-refractivity contribution in [3.63, 3.8) is 0 Å². The Balaban J connectivity index is 0. The molecular weight excluding hydrogens is 452 g/mol. The normalized spacial score (nSPS) is 12.1. The first-order valence-electron chi connectivity index (χ1n) is 11.1. The van der Waals surface area contributed by atoms with Gasteiger partial charge in [0.15, 0.2) is 0 Å². The van der Waals surface area contributed by atoms with Crippen LogP contribution in [-0.4, -0.2) is 30.3 Å². The Morgan fingerprint density at radius 1 is 0.806 bits per heavy atom. The number of hydrogen-bond donors (Lipinski definition) is 1. The number of hydrogen-bond acceptors (Lipinski definition) is 5. The lowest BCUT2D eigenvalue weighted by Crippen LogP contribution is -2.38. The number of carbonyl (C=O) groups excluding carboxylic acids is 2. The van der Waals surface area contributed by atoms with E-state index in [9.17, 15) is 9.59 Å². The highest BCUT2D eigenvalue weighted by atomic mass is 16.5. The Bertz CT molecular complexity index is 1060. The van der Waals surface area contributed by atoms with Gasteiger partial charge in [-0.2, -0.15) is 0 Å². The molecule has 5 nitrogen and oxygen atoms in total. The van der Waals surface area contributed by atoms with Crippen LogP contribution in [0.25, 0.3) is 21.5 Å². The fourth-order valence-electron chi connectivity index (χ4n) is 4.30. The topological polar surface area (TPSA) is 72.8 Å². The molecule has 0 amide bonds. The van der Waals surface area contributed by atoms with Gasteiger partial charge in [0.25, 0.3) is 0 Å². The number of aliphatic hydroxyl groups excluding tert-OH is 1. The zero-order valence-electron chi connectivity index (χ0n) is 19.3. The van der Waals surface area contributed by atoms with Crippen LogP contribution in [0, 0.1) is 10.8 Å². The number of esters is 2. The van der Waals surface area contributed by atoms with Crippen molar-refractivity contribution in [2.24, 2.45) is 10.8 Å². The second-order valence-electron chi connectivity index (χ2n) is 9.21. The van der Waals surface area contributed by atoms with Crippen LogP contribution in [0.4, 0.5) is 0 Å². The van der Waals surface area contributed by atoms with Crippen molar-refractivity contribution in [1.29, 1.82) is 0 Å². The number of aliphatic hydroxyl groups is 1. The van der Waals surface area contributed by atoms with Gasteiger partial charge in [-0.3, -0.25) is 9.59 Å². The molecule has 3 aromatic carbocycles. The highest BCUT2D eigenvalue weighted by Gasteiger charge is 2.43. The molecule has 202 valence electrons. The van der Waals surface area contributed by atoms with Crippen LogP contribution in [0.3, 0.4) is 0 Å². The third-order valence-corrected chi connectivity index (χ3v) is 6.21. The third kappa shape index (κ3) is 7.54. The van der Waals surface area contributed by atoms with E-state index in [0.717, 1.165) is 27.1 Å². The molecule has 0 radical (unpaired) electrons. The van der Waals surface area contributed by atoms with E-state index in [2.05, 4.69) is 18.2 Å². The van der Waals surface area contributed by atoms with Crippen molar-refractivity contribution in [2.45, 2.75) is 76.9 Å². The van der Waals surface area contributed by atoms with Crippen molar-refractivity contribution in [1.82, 2.24) is 0 Å². The van der Waals surface area contributed by atoms with Gasteiger partial charge in [0, 0.05) is 5.56 Å². The largest absolute Gasteiger partial charge is 0.463 e. The Labute approximate surface area is 218 Å². The number of benzene rings is 3. The smallest absolute Gasteiger partial charge is 0.311 e. The van der Waals surface area contributed by atoms with Crippen LogP contribution in [0.15, 0.2) is 54.6 Å². The van der Waals surface area contributed by atoms with Gasteiger partial charge in [-0.25, -0.2) is 0 Å². The summed E-state index contributed by atoms with van der Waals surface area (Å²) in [5.74, 6) is -0.765. The van der Waals surface area contributed by atoms with Gasteiger partial charge >= 0.3 is 11.9 Å². The van der Waals surface area contributed by atoms with E-state index in [-0.39, 0.29) is 61.9 Å². The number of fused-ring (bicyclic) bond motifs is 2. The van der Waals surface area contributed by atoms with Crippen LogP contribution in [0.2, 0.25) is 0 Å². The molecule has 1 atom stereocenters. The molecule has 1 N–H and O–H groups in total. The molecule has 36 heavy (non-hydrogen) atoms. The predicted molar refractivity (Wildman–Crippen MR) is 153 cm³/mol. The first kappa shape index (κ1) is 35.2. The molecule has 0 aromatic heterocycles. The summed E-state index contributed by atoms with van der Waals surface area (Å²) in [4.78, 5) is 25.7. The highest BCUT2D eigenvalue weighted by molar-refractivity contribution is 6.02. The van der Waals surface area contributed by atoms with Gasteiger partial charge < -0.3 is 14.6 Å². The Kier molecular flexibility index (Phi) is 14.3. The average Bonchev–Trinajstić information content (AvgIpc) is 2.79. The molecule has 0 aliphatic heterocycles. The fourth-order valence-corrected chi connectivity index (χ4v) is 4.30. The summed E-state index contributed by atoms with van der Waals surface area (Å²) >= 11 is 0. The molecule has 1 unspecified atom stereocenters. The zero-order chi connectivity index (χ0) is 23.4. The van der Waals surface area contributed by atoms with Gasteiger partial charge in [0.2, 0.25) is 0 Å². The van der Waals surface area contributed by atoms with Gasteiger partial charge in [-0.15, -0.1) is 0 Å². The third-order valence-electron chi connectivity index (χ3n) is 6.21. The van der Waals surface area contributed by atoms with Gasteiger partial charge in [0.05, 0.1) is 17.4 Å². The molecule has 0 saturated carbocycles. The molecule has 0 fully saturated rings. The van der Waals surface area contributed by atoms with Crippen LogP contribution in [0.5, 0.6) is 0 Å². The second-order valence-corrected chi connectivity index (χ2v) is 9.21. The fraction of sp³-hybridized carbons (Fsp3) is 0.484. The van der Waals surface area contributed by atoms with Crippen LogP contribution in [-0.2, 0) is 25.7 Å². The molecule has 5 heteroatoms. The molecule has 0 saturated heterocycles. The van der Waals surface area contributed by atoms with E-state index in [1.54, 1.807) is 20.8 Å². The first-order valence-corrected chi connectivity index (χ1v) is 11.1. The van der Waals surface area contributed by atoms with Crippen molar-refractivity contribution in [3.8, 4) is 0 Å². The van der Waals surface area contributed by atoms with E-state index in [4.69, 9.17) is 14.6 Å². The minimum Gasteiger partial charge on any atom is -0.463 e. The predicted octanol–water partition coefficient (Wildman–Crippen LogP) is 7.95. The molecule has 0 bridgehead atoms. The highest BCUT2D eigenvalue weighted by Crippen LogP contribution is 2.39. The van der Waals surface area contributed by atoms with E-state index in [0.29, 0.717) is 6.42 Å². The monoisotopic (exact) mass is 500 g/mol. The molecule has 3 rings (SSSR count). The van der Waals surface area contributed by atoms with Crippen molar-refractivity contribution in [3.05, 3.63) is 60.2 Å². The van der Waals surface area contributed by atoms with Crippen LogP contribution >= 0.6 is 0 Å². The summed E-state index contributed by atoms with van der Waals surface area (Å²) in [7, 11) is 0. The summed E-state index contributed by atoms with van der Waals surface area (Å²) in [5.41, 5.74) is -0.754. The minimum atomic E-state index is -0.886. The Hall–Kier alpha value is -2.92. The van der Waals surface area contributed by atoms with E-state index in [1.165, 1.54) is 0 Å². The van der Waals surface area contributed by atoms with E-state index < -0.39 is 16.8 Å². The summed E-state index contributed by atoms with van der Waals surface area (Å²) in [6.45, 7) is 7.16. The van der Waals surface area contributed by atoms with Crippen LogP contribution < -0.4 is 0 Å².